The van der Waals surface area contributed by atoms with Crippen LogP contribution < -0.4 is 5.73 Å². The molecule has 0 bridgehead atoms. The quantitative estimate of drug-likeness (QED) is 0.673. The van der Waals surface area contributed by atoms with E-state index < -0.39 is 17.6 Å². The van der Waals surface area contributed by atoms with Crippen molar-refractivity contribution in [3.8, 4) is 6.07 Å². The van der Waals surface area contributed by atoms with Crippen LogP contribution in [0.2, 0.25) is 0 Å². The summed E-state index contributed by atoms with van der Waals surface area (Å²) >= 11 is 3.09. The molecule has 0 fully saturated rings. The highest BCUT2D eigenvalue weighted by Crippen LogP contribution is 2.22. The molecule has 94 valence electrons. The Morgan fingerprint density at radius 2 is 2.17 bits per heavy atom. The van der Waals surface area contributed by atoms with Gasteiger partial charge in [-0.2, -0.15) is 18.4 Å². The standard InChI is InChI=1S/C10H6BrF3N4/c11-6-1-2-9(17-5-6)18-8(10(12,13)14)3-7(16)4-15/h1-3,5H,16H2/b7-3-,18-8?. The Kier molecular flexibility index (Phi) is 4.44. The minimum absolute atomic E-state index is 0.132. The van der Waals surface area contributed by atoms with E-state index >= 15 is 0 Å². The van der Waals surface area contributed by atoms with Gasteiger partial charge in [-0.25, -0.2) is 9.98 Å². The highest BCUT2D eigenvalue weighted by Gasteiger charge is 2.34. The van der Waals surface area contributed by atoms with E-state index in [-0.39, 0.29) is 5.82 Å². The first-order chi connectivity index (χ1) is 8.32. The Morgan fingerprint density at radius 3 is 2.61 bits per heavy atom. The van der Waals surface area contributed by atoms with Gasteiger partial charge in [-0.05, 0) is 28.1 Å². The summed E-state index contributed by atoms with van der Waals surface area (Å²) in [6, 6.07) is 4.19. The van der Waals surface area contributed by atoms with Gasteiger partial charge in [-0.1, -0.05) is 0 Å². The topological polar surface area (TPSA) is 75.1 Å². The maximum Gasteiger partial charge on any atom is 0.433 e. The zero-order chi connectivity index (χ0) is 13.8. The third kappa shape index (κ3) is 4.18. The van der Waals surface area contributed by atoms with Crippen LogP contribution in [0.1, 0.15) is 0 Å². The number of allylic oxidation sites excluding steroid dienone is 2. The molecular formula is C10H6BrF3N4. The van der Waals surface area contributed by atoms with Crippen molar-refractivity contribution in [1.29, 1.82) is 5.26 Å². The third-order valence-electron chi connectivity index (χ3n) is 1.66. The second kappa shape index (κ2) is 5.64. The van der Waals surface area contributed by atoms with Gasteiger partial charge in [-0.15, -0.1) is 0 Å². The summed E-state index contributed by atoms with van der Waals surface area (Å²) in [4.78, 5) is 6.99. The monoisotopic (exact) mass is 318 g/mol. The molecule has 8 heteroatoms. The van der Waals surface area contributed by atoms with Crippen molar-refractivity contribution in [2.45, 2.75) is 6.18 Å². The molecule has 0 amide bonds. The van der Waals surface area contributed by atoms with Gasteiger partial charge < -0.3 is 5.73 Å². The largest absolute Gasteiger partial charge is 0.433 e. The van der Waals surface area contributed by atoms with E-state index in [4.69, 9.17) is 11.0 Å². The van der Waals surface area contributed by atoms with E-state index in [1.807, 2.05) is 0 Å². The lowest BCUT2D eigenvalue weighted by molar-refractivity contribution is -0.0576. The predicted molar refractivity (Wildman–Crippen MR) is 63.0 cm³/mol. The molecule has 18 heavy (non-hydrogen) atoms. The van der Waals surface area contributed by atoms with E-state index in [2.05, 4.69) is 25.9 Å². The highest BCUT2D eigenvalue weighted by atomic mass is 79.9. The summed E-state index contributed by atoms with van der Waals surface area (Å²) in [5.74, 6) is -0.132. The molecule has 2 N–H and O–H groups in total. The van der Waals surface area contributed by atoms with Crippen molar-refractivity contribution < 1.29 is 13.2 Å². The van der Waals surface area contributed by atoms with E-state index in [1.54, 1.807) is 0 Å². The number of nitriles is 1. The van der Waals surface area contributed by atoms with Gasteiger partial charge in [-0.3, -0.25) is 0 Å². The van der Waals surface area contributed by atoms with Gasteiger partial charge in [0.05, 0.1) is 0 Å². The van der Waals surface area contributed by atoms with Crippen LogP contribution in [0.3, 0.4) is 0 Å². The van der Waals surface area contributed by atoms with Crippen LogP contribution in [0.5, 0.6) is 0 Å². The minimum Gasteiger partial charge on any atom is -0.390 e. The fraction of sp³-hybridized carbons (Fsp3) is 0.100. The number of rotatable bonds is 2. The maximum atomic E-state index is 12.6. The summed E-state index contributed by atoms with van der Waals surface area (Å²) in [6.07, 6.45) is -2.94. The molecule has 0 saturated heterocycles. The normalized spacial score (nSPS) is 13.3. The molecule has 4 nitrogen and oxygen atoms in total. The molecule has 1 aromatic heterocycles. The van der Waals surface area contributed by atoms with Gasteiger partial charge in [0.25, 0.3) is 0 Å². The van der Waals surface area contributed by atoms with E-state index in [1.165, 1.54) is 24.4 Å². The fourth-order valence-corrected chi connectivity index (χ4v) is 1.15. The number of nitrogens with two attached hydrogens (primary N) is 1. The number of pyridine rings is 1. The lowest BCUT2D eigenvalue weighted by Crippen LogP contribution is -2.22. The van der Waals surface area contributed by atoms with Gasteiger partial charge in [0.15, 0.2) is 5.82 Å². The molecule has 0 radical (unpaired) electrons. The molecule has 0 saturated carbocycles. The summed E-state index contributed by atoms with van der Waals surface area (Å²) in [7, 11) is 0. The molecule has 1 heterocycles. The Balaban J connectivity index is 3.20. The van der Waals surface area contributed by atoms with Gasteiger partial charge >= 0.3 is 6.18 Å². The van der Waals surface area contributed by atoms with Crippen LogP contribution in [-0.4, -0.2) is 16.9 Å². The number of alkyl halides is 3. The zero-order valence-corrected chi connectivity index (χ0v) is 10.3. The van der Waals surface area contributed by atoms with Crippen LogP contribution in [0.25, 0.3) is 0 Å². The van der Waals surface area contributed by atoms with Crippen LogP contribution in [0.4, 0.5) is 19.0 Å². The van der Waals surface area contributed by atoms with Crippen molar-refractivity contribution >= 4 is 27.5 Å². The zero-order valence-electron chi connectivity index (χ0n) is 8.74. The molecule has 0 aliphatic carbocycles. The van der Waals surface area contributed by atoms with Crippen molar-refractivity contribution in [2.75, 3.05) is 0 Å². The molecule has 0 aliphatic rings. The fourth-order valence-electron chi connectivity index (χ4n) is 0.915. The number of aromatic nitrogens is 1. The Bertz CT molecular complexity index is 526. The number of hydrogen-bond acceptors (Lipinski definition) is 4. The van der Waals surface area contributed by atoms with E-state index in [0.29, 0.717) is 10.5 Å². The molecule has 0 aliphatic heterocycles. The second-order valence-corrected chi connectivity index (χ2v) is 3.96. The third-order valence-corrected chi connectivity index (χ3v) is 2.13. The Morgan fingerprint density at radius 1 is 1.50 bits per heavy atom. The number of hydrogen-bond donors (Lipinski definition) is 1. The lowest BCUT2D eigenvalue weighted by atomic mass is 10.3. The van der Waals surface area contributed by atoms with E-state index in [0.717, 1.165) is 0 Å². The van der Waals surface area contributed by atoms with Gasteiger partial charge in [0.2, 0.25) is 0 Å². The molecular weight excluding hydrogens is 313 g/mol. The first-order valence-corrected chi connectivity index (χ1v) is 5.27. The van der Waals surface area contributed by atoms with Crippen molar-refractivity contribution in [3.63, 3.8) is 0 Å². The van der Waals surface area contributed by atoms with Crippen LogP contribution in [0, 0.1) is 11.3 Å². The molecule has 0 atom stereocenters. The maximum absolute atomic E-state index is 12.6. The summed E-state index contributed by atoms with van der Waals surface area (Å²) in [5, 5.41) is 8.36. The van der Waals surface area contributed by atoms with Crippen molar-refractivity contribution in [3.05, 3.63) is 34.6 Å². The Hall–Kier alpha value is -1.88. The molecule has 1 aromatic rings. The average molecular weight is 319 g/mol. The molecule has 0 aromatic carbocycles. The molecule has 1 rings (SSSR count). The smallest absolute Gasteiger partial charge is 0.390 e. The second-order valence-electron chi connectivity index (χ2n) is 3.04. The van der Waals surface area contributed by atoms with Crippen LogP contribution in [-0.2, 0) is 0 Å². The molecule has 0 unspecified atom stereocenters. The average Bonchev–Trinajstić information content (AvgIpc) is 2.29. The lowest BCUT2D eigenvalue weighted by Gasteiger charge is -2.06. The SMILES string of the molecule is N#C/C(N)=C/C(=Nc1ccc(Br)cn1)C(F)(F)F. The molecule has 0 spiro atoms. The van der Waals surface area contributed by atoms with E-state index in [9.17, 15) is 13.2 Å². The van der Waals surface area contributed by atoms with Crippen LogP contribution >= 0.6 is 15.9 Å². The summed E-state index contributed by atoms with van der Waals surface area (Å²) in [5.41, 5.74) is 3.18. The van der Waals surface area contributed by atoms with Gasteiger partial charge in [0, 0.05) is 16.7 Å². The van der Waals surface area contributed by atoms with Crippen LogP contribution in [0.15, 0.2) is 39.6 Å². The summed E-state index contributed by atoms with van der Waals surface area (Å²) < 4.78 is 38.4. The van der Waals surface area contributed by atoms with Crippen molar-refractivity contribution in [1.82, 2.24) is 4.98 Å². The first kappa shape index (κ1) is 14.2. The highest BCUT2D eigenvalue weighted by molar-refractivity contribution is 9.10. The number of aliphatic imine (C=N–C) groups is 1. The van der Waals surface area contributed by atoms with Crippen molar-refractivity contribution in [2.24, 2.45) is 10.7 Å². The summed E-state index contributed by atoms with van der Waals surface area (Å²) in [6.45, 7) is 0. The minimum atomic E-state index is -4.71. The first-order valence-electron chi connectivity index (χ1n) is 4.47. The Labute approximate surface area is 109 Å². The number of halogens is 4. The van der Waals surface area contributed by atoms with Gasteiger partial charge in [0.1, 0.15) is 17.5 Å². The number of nitrogens with zero attached hydrogens (tertiary/aromatic N) is 3. The predicted octanol–water partition coefficient (Wildman–Crippen LogP) is 2.85.